The van der Waals surface area contributed by atoms with Crippen LogP contribution in [0.4, 0.5) is 33.5 Å². The summed E-state index contributed by atoms with van der Waals surface area (Å²) in [5.41, 5.74) is 1.56. The molecule has 6 rings (SSSR count). The van der Waals surface area contributed by atoms with E-state index in [1.54, 1.807) is 32.2 Å². The van der Waals surface area contributed by atoms with E-state index in [9.17, 15) is 24.6 Å². The average molecular weight is 689 g/mol. The molecule has 4 aromatic rings. The summed E-state index contributed by atoms with van der Waals surface area (Å²) in [6.45, 7) is 6.37. The van der Waals surface area contributed by atoms with Crippen LogP contribution < -0.4 is 20.0 Å². The van der Waals surface area contributed by atoms with E-state index in [1.807, 2.05) is 11.9 Å². The summed E-state index contributed by atoms with van der Waals surface area (Å²) in [7, 11) is 6.78. The Morgan fingerprint density at radius 2 is 1.29 bits per heavy atom. The predicted octanol–water partition coefficient (Wildman–Crippen LogP) is 5.53. The minimum absolute atomic E-state index is 0.0756. The number of nitro benzene ring substituents is 2. The molecule has 0 radical (unpaired) electrons. The van der Waals surface area contributed by atoms with Crippen LogP contribution in [0.1, 0.15) is 38.5 Å². The third-order valence-electron chi connectivity index (χ3n) is 8.13. The summed E-state index contributed by atoms with van der Waals surface area (Å²) in [5.74, 6) is -0.933. The van der Waals surface area contributed by atoms with Crippen molar-refractivity contribution in [3.8, 4) is 0 Å². The highest BCUT2D eigenvalue weighted by atomic mass is 19.1. The molecule has 0 atom stereocenters. The lowest BCUT2D eigenvalue weighted by Gasteiger charge is -2.28. The summed E-state index contributed by atoms with van der Waals surface area (Å²) < 4.78 is 34.5. The van der Waals surface area contributed by atoms with E-state index in [1.165, 1.54) is 44.8 Å². The van der Waals surface area contributed by atoms with Crippen molar-refractivity contribution in [2.45, 2.75) is 38.5 Å². The molecule has 49 heavy (non-hydrogen) atoms. The molecule has 2 fully saturated rings. The van der Waals surface area contributed by atoms with Gasteiger partial charge in [-0.25, -0.2) is 0 Å². The van der Waals surface area contributed by atoms with Crippen molar-refractivity contribution in [2.24, 2.45) is 0 Å². The SMILES string of the molecule is C1CCNCC1.COCCN(C)c1nc2cc(F)c([N+](=O)[O-])cc2o1.COCCN(C)c1nc2cc(N3CCCCC3)c([N+](=O)[O-])cc2o1. The minimum atomic E-state index is -0.933. The number of nitrogens with one attached hydrogen (secondary N) is 1. The second-order valence-corrected chi connectivity index (χ2v) is 11.8. The zero-order valence-electron chi connectivity index (χ0n) is 28.5. The number of oxazole rings is 2. The zero-order valence-corrected chi connectivity index (χ0v) is 28.5. The molecule has 16 nitrogen and oxygen atoms in total. The van der Waals surface area contributed by atoms with Gasteiger partial charge in [-0.2, -0.15) is 14.4 Å². The average Bonchev–Trinajstić information content (AvgIpc) is 3.74. The van der Waals surface area contributed by atoms with Gasteiger partial charge in [0.15, 0.2) is 11.2 Å². The molecule has 0 aliphatic carbocycles. The number of rotatable bonds is 11. The van der Waals surface area contributed by atoms with Crippen LogP contribution >= 0.6 is 0 Å². The van der Waals surface area contributed by atoms with Gasteiger partial charge in [-0.05, 0) is 51.3 Å². The van der Waals surface area contributed by atoms with Crippen molar-refractivity contribution >= 4 is 51.3 Å². The lowest BCUT2D eigenvalue weighted by atomic mass is 10.1. The molecule has 0 spiro atoms. The Morgan fingerprint density at radius 3 is 1.73 bits per heavy atom. The number of likely N-dealkylation sites (N-methyl/N-ethyl adjacent to an activating group) is 2. The van der Waals surface area contributed by atoms with E-state index >= 15 is 0 Å². The number of halogens is 1. The third-order valence-corrected chi connectivity index (χ3v) is 8.13. The Kier molecular flexibility index (Phi) is 13.8. The summed E-state index contributed by atoms with van der Waals surface area (Å²) in [6.07, 6.45) is 7.50. The number of hydrogen-bond donors (Lipinski definition) is 1. The van der Waals surface area contributed by atoms with Gasteiger partial charge in [-0.3, -0.25) is 20.2 Å². The maximum Gasteiger partial charge on any atom is 0.308 e. The molecule has 0 bridgehead atoms. The Balaban J connectivity index is 0.000000192. The number of nitro groups is 2. The second kappa shape index (κ2) is 18.2. The highest BCUT2D eigenvalue weighted by Crippen LogP contribution is 2.36. The number of piperidine rings is 2. The normalized spacial score (nSPS) is 14.5. The highest BCUT2D eigenvalue weighted by molar-refractivity contribution is 5.85. The van der Waals surface area contributed by atoms with Crippen molar-refractivity contribution in [1.29, 1.82) is 0 Å². The number of anilines is 3. The quantitative estimate of drug-likeness (QED) is 0.154. The van der Waals surface area contributed by atoms with Crippen LogP contribution in [0, 0.1) is 26.0 Å². The number of aromatic nitrogens is 2. The fourth-order valence-corrected chi connectivity index (χ4v) is 5.32. The van der Waals surface area contributed by atoms with Gasteiger partial charge in [0.05, 0.1) is 35.2 Å². The number of nitrogens with zero attached hydrogens (tertiary/aromatic N) is 7. The number of ether oxygens (including phenoxy) is 2. The molecule has 4 heterocycles. The van der Waals surface area contributed by atoms with E-state index in [2.05, 4.69) is 20.2 Å². The standard InChI is InChI=1S/C16H22N4O4.C11H12FN3O4.C5H11N/c1-18(8-9-23-2)16-17-12-10-13(19-6-4-3-5-7-19)14(20(21)22)11-15(12)24-16;1-14(3-4-18-2)11-13-8-5-7(12)9(15(16)17)6-10(8)19-11;1-2-4-6-5-3-1/h10-11H,3-9H2,1-2H3;5-6H,3-4H2,1-2H3;6H,1-5H2. The Labute approximate surface area is 283 Å². The lowest BCUT2D eigenvalue weighted by Crippen LogP contribution is -2.29. The summed E-state index contributed by atoms with van der Waals surface area (Å²) in [4.78, 5) is 35.1. The predicted molar refractivity (Wildman–Crippen MR) is 184 cm³/mol. The molecule has 1 N–H and O–H groups in total. The van der Waals surface area contributed by atoms with Crippen molar-refractivity contribution in [2.75, 3.05) is 95.5 Å². The zero-order chi connectivity index (χ0) is 35.3. The largest absolute Gasteiger partial charge is 0.423 e. The fraction of sp³-hybridized carbons (Fsp3) is 0.562. The van der Waals surface area contributed by atoms with E-state index in [-0.39, 0.29) is 27.7 Å². The van der Waals surface area contributed by atoms with Gasteiger partial charge in [0.1, 0.15) is 16.7 Å². The molecular formula is C32H45FN8O8. The van der Waals surface area contributed by atoms with E-state index in [0.29, 0.717) is 49.1 Å². The fourth-order valence-electron chi connectivity index (χ4n) is 5.32. The van der Waals surface area contributed by atoms with Crippen LogP contribution in [-0.4, -0.2) is 101 Å². The molecule has 0 saturated carbocycles. The van der Waals surface area contributed by atoms with Crippen molar-refractivity contribution in [1.82, 2.24) is 15.3 Å². The van der Waals surface area contributed by atoms with E-state index < -0.39 is 16.4 Å². The van der Waals surface area contributed by atoms with Gasteiger partial charge in [0.2, 0.25) is 5.82 Å². The van der Waals surface area contributed by atoms with Crippen molar-refractivity contribution in [3.05, 3.63) is 50.3 Å². The molecule has 2 aliphatic heterocycles. The monoisotopic (exact) mass is 688 g/mol. The minimum Gasteiger partial charge on any atom is -0.423 e. The first-order valence-electron chi connectivity index (χ1n) is 16.3. The smallest absolute Gasteiger partial charge is 0.308 e. The molecule has 268 valence electrons. The first-order valence-corrected chi connectivity index (χ1v) is 16.3. The van der Waals surface area contributed by atoms with Gasteiger partial charge in [-0.1, -0.05) is 6.42 Å². The van der Waals surface area contributed by atoms with Crippen LogP contribution in [0.25, 0.3) is 22.2 Å². The van der Waals surface area contributed by atoms with Crippen LogP contribution in [0.2, 0.25) is 0 Å². The summed E-state index contributed by atoms with van der Waals surface area (Å²) >= 11 is 0. The molecule has 17 heteroatoms. The number of hydrogen-bond acceptors (Lipinski definition) is 14. The topological polar surface area (TPSA) is 179 Å². The number of fused-ring (bicyclic) bond motifs is 2. The highest BCUT2D eigenvalue weighted by Gasteiger charge is 2.25. The molecule has 0 unspecified atom stereocenters. The second-order valence-electron chi connectivity index (χ2n) is 11.8. The molecule has 2 aliphatic rings. The van der Waals surface area contributed by atoms with Crippen molar-refractivity contribution < 1.29 is 32.5 Å². The van der Waals surface area contributed by atoms with Crippen LogP contribution in [-0.2, 0) is 9.47 Å². The lowest BCUT2D eigenvalue weighted by molar-refractivity contribution is -0.387. The molecule has 2 aromatic carbocycles. The van der Waals surface area contributed by atoms with E-state index in [0.717, 1.165) is 38.1 Å². The maximum absolute atomic E-state index is 13.4. The summed E-state index contributed by atoms with van der Waals surface area (Å²) in [5, 5.41) is 25.4. The van der Waals surface area contributed by atoms with Crippen LogP contribution in [0.3, 0.4) is 0 Å². The molecular weight excluding hydrogens is 643 g/mol. The van der Waals surface area contributed by atoms with Gasteiger partial charge in [0, 0.05) is 60.6 Å². The van der Waals surface area contributed by atoms with Gasteiger partial charge in [0.25, 0.3) is 17.7 Å². The van der Waals surface area contributed by atoms with Crippen molar-refractivity contribution in [3.63, 3.8) is 0 Å². The Bertz CT molecular complexity index is 1660. The van der Waals surface area contributed by atoms with Crippen LogP contribution in [0.15, 0.2) is 33.1 Å². The molecule has 0 amide bonds. The number of methoxy groups -OCH3 is 2. The first-order chi connectivity index (χ1) is 23.6. The van der Waals surface area contributed by atoms with Gasteiger partial charge in [-0.15, -0.1) is 0 Å². The van der Waals surface area contributed by atoms with Crippen LogP contribution in [0.5, 0.6) is 0 Å². The van der Waals surface area contributed by atoms with Gasteiger partial charge >= 0.3 is 5.69 Å². The summed E-state index contributed by atoms with van der Waals surface area (Å²) in [6, 6.07) is 5.98. The maximum atomic E-state index is 13.4. The Hall–Kier alpha value is -4.61. The first kappa shape index (κ1) is 37.2. The molecule has 2 saturated heterocycles. The third kappa shape index (κ3) is 10.2. The number of benzene rings is 2. The van der Waals surface area contributed by atoms with E-state index in [4.69, 9.17) is 18.3 Å². The Morgan fingerprint density at radius 1 is 0.796 bits per heavy atom. The molecule has 2 aromatic heterocycles. The van der Waals surface area contributed by atoms with Gasteiger partial charge < -0.3 is 38.3 Å².